The maximum Gasteiger partial charge on any atom is 0.209 e. The highest BCUT2D eigenvalue weighted by atomic mass is 16.5. The minimum Gasteiger partial charge on any atom is -0.633 e. The number of nitrogens with zero attached hydrogens (tertiary/aromatic N) is 1. The number of hydroxylamine groups is 2. The van der Waals surface area contributed by atoms with Crippen LogP contribution in [-0.4, -0.2) is 13.2 Å². The molecule has 4 nitrogen and oxygen atoms in total. The van der Waals surface area contributed by atoms with Crippen LogP contribution in [0, 0.1) is 10.1 Å². The SMILES string of the molecule is CCC[NH+]([O-])CN=O. The van der Waals surface area contributed by atoms with E-state index in [0.29, 0.717) is 6.54 Å². The van der Waals surface area contributed by atoms with Gasteiger partial charge in [-0.05, 0) is 11.6 Å². The van der Waals surface area contributed by atoms with Crippen molar-refractivity contribution in [1.29, 1.82) is 0 Å². The van der Waals surface area contributed by atoms with Crippen LogP contribution in [0.4, 0.5) is 0 Å². The molecule has 0 amide bonds. The van der Waals surface area contributed by atoms with E-state index in [2.05, 4.69) is 5.18 Å². The molecular weight excluding hydrogens is 108 g/mol. The topological polar surface area (TPSA) is 56.9 Å². The van der Waals surface area contributed by atoms with Gasteiger partial charge in [-0.1, -0.05) is 6.92 Å². The predicted octanol–water partition coefficient (Wildman–Crippen LogP) is -0.497. The molecule has 0 fully saturated rings. The zero-order valence-corrected chi connectivity index (χ0v) is 4.89. The van der Waals surface area contributed by atoms with Gasteiger partial charge < -0.3 is 10.3 Å². The van der Waals surface area contributed by atoms with Gasteiger partial charge in [0.1, 0.15) is 0 Å². The molecule has 0 spiro atoms. The Labute approximate surface area is 48.0 Å². The molecule has 0 bridgehead atoms. The second-order valence-electron chi connectivity index (χ2n) is 1.58. The van der Waals surface area contributed by atoms with Crippen molar-refractivity contribution in [2.75, 3.05) is 13.2 Å². The van der Waals surface area contributed by atoms with Crippen molar-refractivity contribution in [3.05, 3.63) is 10.1 Å². The summed E-state index contributed by atoms with van der Waals surface area (Å²) in [5.41, 5.74) is 0. The highest BCUT2D eigenvalue weighted by Gasteiger charge is 1.89. The lowest BCUT2D eigenvalue weighted by atomic mass is 10.5. The highest BCUT2D eigenvalue weighted by molar-refractivity contribution is 4.24. The van der Waals surface area contributed by atoms with Crippen molar-refractivity contribution in [1.82, 2.24) is 0 Å². The van der Waals surface area contributed by atoms with Gasteiger partial charge in [0, 0.05) is 0 Å². The van der Waals surface area contributed by atoms with Crippen molar-refractivity contribution in [2.45, 2.75) is 13.3 Å². The fourth-order valence-corrected chi connectivity index (χ4v) is 0.430. The average molecular weight is 118 g/mol. The van der Waals surface area contributed by atoms with E-state index in [-0.39, 0.29) is 11.7 Å². The third-order valence-electron chi connectivity index (χ3n) is 0.770. The summed E-state index contributed by atoms with van der Waals surface area (Å²) in [6.07, 6.45) is 0.800. The number of hydrogen-bond acceptors (Lipinski definition) is 3. The van der Waals surface area contributed by atoms with E-state index in [9.17, 15) is 10.1 Å². The number of quaternary nitrogens is 1. The van der Waals surface area contributed by atoms with E-state index < -0.39 is 0 Å². The zero-order valence-electron chi connectivity index (χ0n) is 4.89. The smallest absolute Gasteiger partial charge is 0.209 e. The summed E-state index contributed by atoms with van der Waals surface area (Å²) in [6.45, 7) is 2.21. The lowest BCUT2D eigenvalue weighted by molar-refractivity contribution is -0.847. The molecule has 0 rings (SSSR count). The van der Waals surface area contributed by atoms with Crippen LogP contribution in [0.5, 0.6) is 0 Å². The summed E-state index contributed by atoms with van der Waals surface area (Å²) in [4.78, 5) is 9.42. The number of nitrogens with one attached hydrogen (secondary N) is 1. The van der Waals surface area contributed by atoms with Crippen LogP contribution in [0.15, 0.2) is 5.18 Å². The number of nitroso groups, excluding NO2 is 1. The molecule has 0 aromatic rings. The molecule has 1 unspecified atom stereocenters. The normalized spacial score (nSPS) is 13.2. The van der Waals surface area contributed by atoms with Crippen LogP contribution >= 0.6 is 0 Å². The Balaban J connectivity index is 3.03. The third kappa shape index (κ3) is 3.70. The van der Waals surface area contributed by atoms with Gasteiger partial charge in [-0.15, -0.1) is 4.91 Å². The minimum absolute atomic E-state index is 0.0671. The fourth-order valence-electron chi connectivity index (χ4n) is 0.430. The largest absolute Gasteiger partial charge is 0.633 e. The average Bonchev–Trinajstić information content (AvgIpc) is 1.68. The summed E-state index contributed by atoms with van der Waals surface area (Å²) in [6, 6.07) is 0. The molecule has 0 radical (unpaired) electrons. The zero-order chi connectivity index (χ0) is 6.41. The summed E-state index contributed by atoms with van der Waals surface area (Å²) in [5, 5.41) is 12.7. The Bertz CT molecular complexity index is 67.1. The van der Waals surface area contributed by atoms with Crippen LogP contribution in [-0.2, 0) is 0 Å². The molecule has 0 saturated carbocycles. The Hall–Kier alpha value is -0.480. The monoisotopic (exact) mass is 118 g/mol. The predicted molar refractivity (Wildman–Crippen MR) is 30.1 cm³/mol. The van der Waals surface area contributed by atoms with Crippen molar-refractivity contribution in [3.8, 4) is 0 Å². The van der Waals surface area contributed by atoms with E-state index in [1.54, 1.807) is 0 Å². The van der Waals surface area contributed by atoms with Crippen molar-refractivity contribution in [2.24, 2.45) is 5.18 Å². The van der Waals surface area contributed by atoms with Gasteiger partial charge in [-0.2, -0.15) is 0 Å². The molecule has 0 saturated heterocycles. The molecule has 1 N–H and O–H groups in total. The van der Waals surface area contributed by atoms with Gasteiger partial charge in [0.05, 0.1) is 6.54 Å². The first-order valence-electron chi connectivity index (χ1n) is 2.62. The molecule has 48 valence electrons. The number of rotatable bonds is 4. The van der Waals surface area contributed by atoms with Crippen LogP contribution in [0.25, 0.3) is 0 Å². The molecule has 0 aromatic carbocycles. The Kier molecular flexibility index (Phi) is 4.39. The Morgan fingerprint density at radius 2 is 2.38 bits per heavy atom. The second-order valence-corrected chi connectivity index (χ2v) is 1.58. The minimum atomic E-state index is -0.159. The van der Waals surface area contributed by atoms with Gasteiger partial charge >= 0.3 is 0 Å². The van der Waals surface area contributed by atoms with Gasteiger partial charge in [0.2, 0.25) is 6.67 Å². The fraction of sp³-hybridized carbons (Fsp3) is 1.00. The summed E-state index contributed by atoms with van der Waals surface area (Å²) in [5.74, 6) is 0. The third-order valence-corrected chi connectivity index (χ3v) is 0.770. The molecular formula is C4H10N2O2. The molecule has 0 aliphatic heterocycles. The Morgan fingerprint density at radius 1 is 1.75 bits per heavy atom. The van der Waals surface area contributed by atoms with Crippen LogP contribution in [0.3, 0.4) is 0 Å². The van der Waals surface area contributed by atoms with E-state index >= 15 is 0 Å². The second kappa shape index (κ2) is 4.67. The van der Waals surface area contributed by atoms with Crippen LogP contribution in [0.2, 0.25) is 0 Å². The first-order chi connectivity index (χ1) is 3.81. The van der Waals surface area contributed by atoms with E-state index in [0.717, 1.165) is 6.42 Å². The van der Waals surface area contributed by atoms with Crippen LogP contribution in [0.1, 0.15) is 13.3 Å². The summed E-state index contributed by atoms with van der Waals surface area (Å²) >= 11 is 0. The first kappa shape index (κ1) is 7.52. The van der Waals surface area contributed by atoms with Gasteiger partial charge in [-0.25, -0.2) is 0 Å². The number of hydrogen-bond donors (Lipinski definition) is 1. The van der Waals surface area contributed by atoms with Gasteiger partial charge in [0.25, 0.3) is 0 Å². The maximum atomic E-state index is 10.3. The lowest BCUT2D eigenvalue weighted by Gasteiger charge is -2.16. The Morgan fingerprint density at radius 3 is 2.75 bits per heavy atom. The maximum absolute atomic E-state index is 10.3. The quantitative estimate of drug-likeness (QED) is 0.399. The molecule has 0 aliphatic carbocycles. The first-order valence-corrected chi connectivity index (χ1v) is 2.62. The van der Waals surface area contributed by atoms with Crippen LogP contribution < -0.4 is 5.06 Å². The molecule has 8 heavy (non-hydrogen) atoms. The molecule has 1 atom stereocenters. The van der Waals surface area contributed by atoms with Crippen molar-refractivity contribution in [3.63, 3.8) is 0 Å². The van der Waals surface area contributed by atoms with E-state index in [1.807, 2.05) is 6.92 Å². The molecule has 0 aliphatic rings. The molecule has 4 heteroatoms. The lowest BCUT2D eigenvalue weighted by Crippen LogP contribution is -3.06. The van der Waals surface area contributed by atoms with Crippen molar-refractivity contribution >= 4 is 0 Å². The standard InChI is InChI=1S/C4H10N2O2/c1-2-3-6(8)4-5-7/h6H,2-4H2,1H3. The summed E-state index contributed by atoms with van der Waals surface area (Å²) in [7, 11) is 0. The van der Waals surface area contributed by atoms with E-state index in [4.69, 9.17) is 0 Å². The summed E-state index contributed by atoms with van der Waals surface area (Å²) < 4.78 is 0. The van der Waals surface area contributed by atoms with E-state index in [1.165, 1.54) is 0 Å². The highest BCUT2D eigenvalue weighted by Crippen LogP contribution is 1.62. The molecule has 0 heterocycles. The van der Waals surface area contributed by atoms with Gasteiger partial charge in [-0.3, -0.25) is 0 Å². The van der Waals surface area contributed by atoms with Crippen molar-refractivity contribution < 1.29 is 5.06 Å². The van der Waals surface area contributed by atoms with Gasteiger partial charge in [0.15, 0.2) is 0 Å². The molecule has 0 aromatic heterocycles.